The van der Waals surface area contributed by atoms with Gasteiger partial charge < -0.3 is 20.1 Å². The topological polar surface area (TPSA) is 104 Å². The third kappa shape index (κ3) is 3.69. The smallest absolute Gasteiger partial charge is 0.328 e. The number of fused-ring (bicyclic) bond motifs is 2. The van der Waals surface area contributed by atoms with Crippen LogP contribution in [0.3, 0.4) is 0 Å². The lowest BCUT2D eigenvalue weighted by molar-refractivity contribution is -0.145. The van der Waals surface area contributed by atoms with Gasteiger partial charge in [-0.15, -0.1) is 0 Å². The molecular weight excluding hydrogens is 382 g/mol. The molecule has 3 N–H and O–H groups in total. The van der Waals surface area contributed by atoms with E-state index in [1.807, 2.05) is 30.5 Å². The SMILES string of the molecule is CCOC(=O)C(Cc1c[nH]c2ccccc12)NC(=O)c1ccc2cccnc2c1O. The minimum absolute atomic E-state index is 0.0504. The fraction of sp³-hybridized carbons (Fsp3) is 0.174. The quantitative estimate of drug-likeness (QED) is 0.429. The van der Waals surface area contributed by atoms with Gasteiger partial charge in [-0.25, -0.2) is 4.79 Å². The Labute approximate surface area is 172 Å². The minimum atomic E-state index is -0.907. The summed E-state index contributed by atoms with van der Waals surface area (Å²) in [6.07, 6.45) is 3.61. The van der Waals surface area contributed by atoms with Gasteiger partial charge in [0.2, 0.25) is 0 Å². The Morgan fingerprint density at radius 3 is 2.83 bits per heavy atom. The number of carbonyl (C=O) groups is 2. The summed E-state index contributed by atoms with van der Waals surface area (Å²) in [6, 6.07) is 13.6. The van der Waals surface area contributed by atoms with Crippen LogP contribution in [-0.2, 0) is 16.0 Å². The summed E-state index contributed by atoms with van der Waals surface area (Å²) in [6.45, 7) is 1.91. The molecule has 1 unspecified atom stereocenters. The standard InChI is InChI=1S/C23H21N3O4/c1-2-30-23(29)19(12-15-13-25-18-8-4-3-7-16(15)18)26-22(28)17-10-9-14-6-5-11-24-20(14)21(17)27/h3-11,13,19,25,27H,2,12H2,1H3,(H,26,28). The van der Waals surface area contributed by atoms with Crippen molar-refractivity contribution in [2.75, 3.05) is 6.61 Å². The van der Waals surface area contributed by atoms with E-state index in [1.165, 1.54) is 6.07 Å². The van der Waals surface area contributed by atoms with Crippen molar-refractivity contribution >= 4 is 33.7 Å². The second kappa shape index (κ2) is 8.24. The van der Waals surface area contributed by atoms with Crippen LogP contribution in [0.2, 0.25) is 0 Å². The molecule has 4 aromatic rings. The molecule has 0 spiro atoms. The number of rotatable bonds is 6. The molecule has 0 bridgehead atoms. The first-order valence-electron chi connectivity index (χ1n) is 9.67. The van der Waals surface area contributed by atoms with Gasteiger partial charge >= 0.3 is 5.97 Å². The van der Waals surface area contributed by atoms with Crippen molar-refractivity contribution in [1.29, 1.82) is 0 Å². The first-order valence-corrected chi connectivity index (χ1v) is 9.67. The van der Waals surface area contributed by atoms with Crippen LogP contribution in [0.4, 0.5) is 0 Å². The molecule has 0 aliphatic heterocycles. The zero-order valence-electron chi connectivity index (χ0n) is 16.4. The number of nitrogens with zero attached hydrogens (tertiary/aromatic N) is 1. The van der Waals surface area contributed by atoms with Crippen molar-refractivity contribution in [2.24, 2.45) is 0 Å². The number of ether oxygens (including phenoxy) is 1. The second-order valence-corrected chi connectivity index (χ2v) is 6.88. The molecule has 2 aromatic carbocycles. The number of aromatic amines is 1. The van der Waals surface area contributed by atoms with E-state index in [1.54, 1.807) is 31.3 Å². The molecule has 2 heterocycles. The lowest BCUT2D eigenvalue weighted by atomic mass is 10.0. The van der Waals surface area contributed by atoms with Crippen molar-refractivity contribution in [3.63, 3.8) is 0 Å². The van der Waals surface area contributed by atoms with Crippen molar-refractivity contribution < 1.29 is 19.4 Å². The number of carbonyl (C=O) groups excluding carboxylic acids is 2. The number of phenols is 1. The van der Waals surface area contributed by atoms with E-state index in [-0.39, 0.29) is 24.3 Å². The van der Waals surface area contributed by atoms with Crippen LogP contribution in [0.15, 0.2) is 60.9 Å². The predicted molar refractivity (Wildman–Crippen MR) is 113 cm³/mol. The first kappa shape index (κ1) is 19.4. The Bertz CT molecular complexity index is 1230. The maximum absolute atomic E-state index is 12.9. The van der Waals surface area contributed by atoms with Gasteiger partial charge in [-0.1, -0.05) is 30.3 Å². The number of hydrogen-bond acceptors (Lipinski definition) is 5. The third-order valence-corrected chi connectivity index (χ3v) is 4.97. The Balaban J connectivity index is 1.63. The number of aromatic nitrogens is 2. The maximum atomic E-state index is 12.9. The minimum Gasteiger partial charge on any atom is -0.505 e. The molecular formula is C23H21N3O4. The lowest BCUT2D eigenvalue weighted by Gasteiger charge is -2.18. The number of hydrogen-bond donors (Lipinski definition) is 3. The lowest BCUT2D eigenvalue weighted by Crippen LogP contribution is -2.43. The van der Waals surface area contributed by atoms with Crippen molar-refractivity contribution in [3.8, 4) is 5.75 Å². The Morgan fingerprint density at radius 1 is 1.17 bits per heavy atom. The zero-order chi connectivity index (χ0) is 21.1. The molecule has 0 saturated heterocycles. The highest BCUT2D eigenvalue weighted by atomic mass is 16.5. The van der Waals surface area contributed by atoms with Crippen LogP contribution in [0.5, 0.6) is 5.75 Å². The highest BCUT2D eigenvalue weighted by Gasteiger charge is 2.26. The number of esters is 1. The normalized spacial score (nSPS) is 12.0. The van der Waals surface area contributed by atoms with Crippen molar-refractivity contribution in [1.82, 2.24) is 15.3 Å². The number of pyridine rings is 1. The van der Waals surface area contributed by atoms with Gasteiger partial charge in [-0.2, -0.15) is 0 Å². The van der Waals surface area contributed by atoms with Crippen LogP contribution < -0.4 is 5.32 Å². The number of benzene rings is 2. The van der Waals surface area contributed by atoms with E-state index in [9.17, 15) is 14.7 Å². The molecule has 30 heavy (non-hydrogen) atoms. The Kier molecular flexibility index (Phi) is 5.34. The van der Waals surface area contributed by atoms with E-state index in [0.717, 1.165) is 16.5 Å². The van der Waals surface area contributed by atoms with Gasteiger partial charge in [0.15, 0.2) is 5.75 Å². The number of para-hydroxylation sites is 1. The molecule has 2 aromatic heterocycles. The van der Waals surface area contributed by atoms with E-state index in [4.69, 9.17) is 4.74 Å². The third-order valence-electron chi connectivity index (χ3n) is 4.97. The molecule has 0 aliphatic rings. The average molecular weight is 403 g/mol. The summed E-state index contributed by atoms with van der Waals surface area (Å²) >= 11 is 0. The van der Waals surface area contributed by atoms with Gasteiger partial charge in [0.25, 0.3) is 5.91 Å². The van der Waals surface area contributed by atoms with Crippen LogP contribution in [0.1, 0.15) is 22.8 Å². The number of H-pyrrole nitrogens is 1. The van der Waals surface area contributed by atoms with E-state index in [2.05, 4.69) is 15.3 Å². The van der Waals surface area contributed by atoms with E-state index in [0.29, 0.717) is 10.9 Å². The van der Waals surface area contributed by atoms with Gasteiger partial charge in [0, 0.05) is 35.1 Å². The molecule has 7 nitrogen and oxygen atoms in total. The molecule has 4 rings (SSSR count). The number of amides is 1. The van der Waals surface area contributed by atoms with E-state index >= 15 is 0 Å². The number of nitrogens with one attached hydrogen (secondary N) is 2. The van der Waals surface area contributed by atoms with Crippen molar-refractivity contribution in [3.05, 3.63) is 72.1 Å². The largest absolute Gasteiger partial charge is 0.505 e. The van der Waals surface area contributed by atoms with E-state index < -0.39 is 17.9 Å². The predicted octanol–water partition coefficient (Wildman–Crippen LogP) is 3.33. The fourth-order valence-corrected chi connectivity index (χ4v) is 3.51. The summed E-state index contributed by atoms with van der Waals surface area (Å²) in [5.41, 5.74) is 2.21. The average Bonchev–Trinajstić information content (AvgIpc) is 3.17. The van der Waals surface area contributed by atoms with Crippen molar-refractivity contribution in [2.45, 2.75) is 19.4 Å². The summed E-state index contributed by atoms with van der Waals surface area (Å²) in [4.78, 5) is 32.8. The first-order chi connectivity index (χ1) is 14.6. The van der Waals surface area contributed by atoms with Crippen LogP contribution >= 0.6 is 0 Å². The van der Waals surface area contributed by atoms with Gasteiger partial charge in [0.05, 0.1) is 12.2 Å². The highest BCUT2D eigenvalue weighted by Crippen LogP contribution is 2.27. The van der Waals surface area contributed by atoms with Crippen LogP contribution in [0.25, 0.3) is 21.8 Å². The zero-order valence-corrected chi connectivity index (χ0v) is 16.4. The van der Waals surface area contributed by atoms with Gasteiger partial charge in [0.1, 0.15) is 11.6 Å². The van der Waals surface area contributed by atoms with Crippen LogP contribution in [-0.4, -0.2) is 39.6 Å². The fourth-order valence-electron chi connectivity index (χ4n) is 3.51. The molecule has 0 fully saturated rings. The van der Waals surface area contributed by atoms with Gasteiger partial charge in [-0.05, 0) is 30.7 Å². The monoisotopic (exact) mass is 403 g/mol. The van der Waals surface area contributed by atoms with Gasteiger partial charge in [-0.3, -0.25) is 9.78 Å². The summed E-state index contributed by atoms with van der Waals surface area (Å²) in [7, 11) is 0. The molecule has 7 heteroatoms. The molecule has 1 atom stereocenters. The molecule has 152 valence electrons. The highest BCUT2D eigenvalue weighted by molar-refractivity contribution is 6.03. The molecule has 1 amide bonds. The Hall–Kier alpha value is -3.87. The summed E-state index contributed by atoms with van der Waals surface area (Å²) in [5.74, 6) is -1.33. The van der Waals surface area contributed by atoms with Crippen LogP contribution in [0, 0.1) is 0 Å². The molecule has 0 aliphatic carbocycles. The Morgan fingerprint density at radius 2 is 2.00 bits per heavy atom. The molecule has 0 radical (unpaired) electrons. The molecule has 0 saturated carbocycles. The number of aromatic hydroxyl groups is 1. The second-order valence-electron chi connectivity index (χ2n) is 6.88. The summed E-state index contributed by atoms with van der Waals surface area (Å²) < 4.78 is 5.16. The number of phenolic OH excluding ortho intramolecular Hbond substituents is 1. The maximum Gasteiger partial charge on any atom is 0.328 e. The summed E-state index contributed by atoms with van der Waals surface area (Å²) in [5, 5.41) is 14.9.